The lowest BCUT2D eigenvalue weighted by Crippen LogP contribution is -2.36. The fourth-order valence-corrected chi connectivity index (χ4v) is 4.06. The van der Waals surface area contributed by atoms with Crippen LogP contribution in [-0.2, 0) is 4.74 Å². The number of ether oxygens (including phenoxy) is 1. The number of halogens is 1. The largest absolute Gasteiger partial charge is 0.378 e. The van der Waals surface area contributed by atoms with Gasteiger partial charge in [-0.3, -0.25) is 4.79 Å². The molecule has 9 heteroatoms. The summed E-state index contributed by atoms with van der Waals surface area (Å²) in [6.45, 7) is 4.82. The zero-order chi connectivity index (χ0) is 18.1. The average Bonchev–Trinajstić information content (AvgIpc) is 3.01. The Labute approximate surface area is 159 Å². The smallest absolute Gasteiger partial charge is 0.267 e. The summed E-state index contributed by atoms with van der Waals surface area (Å²) >= 11 is 7.19. The van der Waals surface area contributed by atoms with Crippen LogP contribution in [0, 0.1) is 6.92 Å². The van der Waals surface area contributed by atoms with Crippen molar-refractivity contribution in [3.8, 4) is 0 Å². The van der Waals surface area contributed by atoms with Gasteiger partial charge >= 0.3 is 0 Å². The molecule has 1 fully saturated rings. The molecule has 3 aromatic rings. The minimum Gasteiger partial charge on any atom is -0.378 e. The zero-order valence-corrected chi connectivity index (χ0v) is 15.6. The first-order chi connectivity index (χ1) is 12.6. The van der Waals surface area contributed by atoms with Gasteiger partial charge in [0.05, 0.1) is 28.5 Å². The maximum absolute atomic E-state index is 12.7. The van der Waals surface area contributed by atoms with Crippen LogP contribution in [0.1, 0.15) is 15.2 Å². The third-order valence-electron chi connectivity index (χ3n) is 4.19. The Balaban J connectivity index is 1.68. The molecular formula is C17H16ClN5O2S. The van der Waals surface area contributed by atoms with Gasteiger partial charge in [-0.25, -0.2) is 15.0 Å². The van der Waals surface area contributed by atoms with E-state index in [0.29, 0.717) is 28.9 Å². The molecule has 1 saturated heterocycles. The molecule has 0 aliphatic carbocycles. The first-order valence-corrected chi connectivity index (χ1v) is 9.32. The quantitative estimate of drug-likeness (QED) is 0.741. The first kappa shape index (κ1) is 17.1. The van der Waals surface area contributed by atoms with E-state index in [9.17, 15) is 4.79 Å². The first-order valence-electron chi connectivity index (χ1n) is 8.13. The molecule has 1 aliphatic heterocycles. The van der Waals surface area contributed by atoms with Gasteiger partial charge in [0.15, 0.2) is 0 Å². The van der Waals surface area contributed by atoms with E-state index in [2.05, 4.69) is 25.2 Å². The van der Waals surface area contributed by atoms with E-state index in [1.165, 1.54) is 17.5 Å². The summed E-state index contributed by atoms with van der Waals surface area (Å²) in [6, 6.07) is 3.35. The Morgan fingerprint density at radius 3 is 2.81 bits per heavy atom. The lowest BCUT2D eigenvalue weighted by atomic mass is 10.2. The van der Waals surface area contributed by atoms with Crippen molar-refractivity contribution in [1.82, 2.24) is 15.0 Å². The average molecular weight is 390 g/mol. The zero-order valence-electron chi connectivity index (χ0n) is 14.0. The summed E-state index contributed by atoms with van der Waals surface area (Å²) in [5.41, 5.74) is 0.874. The van der Waals surface area contributed by atoms with Gasteiger partial charge in [-0.05, 0) is 24.6 Å². The fraction of sp³-hybridized carbons (Fsp3) is 0.294. The SMILES string of the molecule is Cc1c(C(=O)Nc2ccc(Cl)cn2)sc2ncnc(N3CCOCC3)c12. The number of rotatable bonds is 3. The number of aromatic nitrogens is 3. The number of fused-ring (bicyclic) bond motifs is 1. The van der Waals surface area contributed by atoms with E-state index in [4.69, 9.17) is 16.3 Å². The van der Waals surface area contributed by atoms with E-state index in [-0.39, 0.29) is 5.91 Å². The van der Waals surface area contributed by atoms with Crippen LogP contribution in [0.3, 0.4) is 0 Å². The van der Waals surface area contributed by atoms with E-state index in [1.807, 2.05) is 6.92 Å². The highest BCUT2D eigenvalue weighted by Crippen LogP contribution is 2.35. The number of morpholine rings is 1. The van der Waals surface area contributed by atoms with Crippen LogP contribution < -0.4 is 10.2 Å². The molecule has 7 nitrogen and oxygen atoms in total. The molecule has 0 spiro atoms. The molecule has 0 saturated carbocycles. The Kier molecular flexibility index (Phi) is 4.71. The second-order valence-electron chi connectivity index (χ2n) is 5.85. The van der Waals surface area contributed by atoms with Gasteiger partial charge in [-0.1, -0.05) is 11.6 Å². The Hall–Kier alpha value is -2.29. The molecule has 134 valence electrons. The van der Waals surface area contributed by atoms with Crippen LogP contribution in [0.5, 0.6) is 0 Å². The Bertz CT molecular complexity index is 954. The minimum absolute atomic E-state index is 0.215. The number of nitrogens with one attached hydrogen (secondary N) is 1. The third-order valence-corrected chi connectivity index (χ3v) is 5.61. The molecule has 0 bridgehead atoms. The van der Waals surface area contributed by atoms with E-state index in [0.717, 1.165) is 34.7 Å². The minimum atomic E-state index is -0.215. The summed E-state index contributed by atoms with van der Waals surface area (Å²) in [5.74, 6) is 1.10. The normalized spacial score (nSPS) is 14.6. The van der Waals surface area contributed by atoms with Crippen LogP contribution in [-0.4, -0.2) is 47.2 Å². The van der Waals surface area contributed by atoms with Gasteiger partial charge in [-0.15, -0.1) is 11.3 Å². The molecule has 3 aromatic heterocycles. The van der Waals surface area contributed by atoms with Gasteiger partial charge in [-0.2, -0.15) is 0 Å². The van der Waals surface area contributed by atoms with Crippen LogP contribution in [0.4, 0.5) is 11.6 Å². The Morgan fingerprint density at radius 1 is 1.27 bits per heavy atom. The topological polar surface area (TPSA) is 80.2 Å². The molecule has 0 atom stereocenters. The maximum Gasteiger partial charge on any atom is 0.267 e. The van der Waals surface area contributed by atoms with Gasteiger partial charge < -0.3 is 15.0 Å². The monoisotopic (exact) mass is 389 g/mol. The fourth-order valence-electron chi connectivity index (χ4n) is 2.91. The number of hydrogen-bond donors (Lipinski definition) is 1. The van der Waals surface area contributed by atoms with Crippen molar-refractivity contribution in [2.45, 2.75) is 6.92 Å². The molecule has 4 rings (SSSR count). The third kappa shape index (κ3) is 3.23. The highest BCUT2D eigenvalue weighted by atomic mass is 35.5. The van der Waals surface area contributed by atoms with Crippen LogP contribution in [0.25, 0.3) is 10.2 Å². The van der Waals surface area contributed by atoms with Crippen LogP contribution >= 0.6 is 22.9 Å². The number of aryl methyl sites for hydroxylation is 1. The van der Waals surface area contributed by atoms with Gasteiger partial charge in [0.25, 0.3) is 5.91 Å². The number of amides is 1. The van der Waals surface area contributed by atoms with Gasteiger partial charge in [0.1, 0.15) is 22.8 Å². The number of nitrogens with zero attached hydrogens (tertiary/aromatic N) is 4. The Morgan fingerprint density at radius 2 is 2.08 bits per heavy atom. The molecule has 0 aromatic carbocycles. The standard InChI is InChI=1S/C17H16ClN5O2S/c1-10-13-15(23-4-6-25-7-5-23)20-9-21-17(13)26-14(10)16(24)22-12-3-2-11(18)8-19-12/h2-3,8-9H,4-7H2,1H3,(H,19,22,24). The number of thiophene rings is 1. The number of carbonyl (C=O) groups excluding carboxylic acids is 1. The summed E-state index contributed by atoms with van der Waals surface area (Å²) in [6.07, 6.45) is 3.04. The maximum atomic E-state index is 12.7. The molecule has 4 heterocycles. The molecule has 26 heavy (non-hydrogen) atoms. The highest BCUT2D eigenvalue weighted by molar-refractivity contribution is 7.20. The number of hydrogen-bond acceptors (Lipinski definition) is 7. The van der Waals surface area contributed by atoms with Crippen LogP contribution in [0.2, 0.25) is 5.02 Å². The highest BCUT2D eigenvalue weighted by Gasteiger charge is 2.23. The molecule has 0 unspecified atom stereocenters. The van der Waals surface area contributed by atoms with E-state index >= 15 is 0 Å². The summed E-state index contributed by atoms with van der Waals surface area (Å²) in [7, 11) is 0. The van der Waals surface area contributed by atoms with Gasteiger partial charge in [0, 0.05) is 19.3 Å². The summed E-state index contributed by atoms with van der Waals surface area (Å²) < 4.78 is 5.42. The second-order valence-corrected chi connectivity index (χ2v) is 7.28. The summed E-state index contributed by atoms with van der Waals surface area (Å²) in [5, 5.41) is 4.25. The number of anilines is 2. The van der Waals surface area contributed by atoms with Crippen molar-refractivity contribution in [3.63, 3.8) is 0 Å². The van der Waals surface area contributed by atoms with Crippen LogP contribution in [0.15, 0.2) is 24.7 Å². The van der Waals surface area contributed by atoms with Crippen molar-refractivity contribution in [2.24, 2.45) is 0 Å². The molecule has 1 aliphatic rings. The molecule has 0 radical (unpaired) electrons. The predicted molar refractivity (Wildman–Crippen MR) is 102 cm³/mol. The van der Waals surface area contributed by atoms with Crippen molar-refractivity contribution in [2.75, 3.05) is 36.5 Å². The van der Waals surface area contributed by atoms with Gasteiger partial charge in [0.2, 0.25) is 0 Å². The van der Waals surface area contributed by atoms with E-state index < -0.39 is 0 Å². The summed E-state index contributed by atoms with van der Waals surface area (Å²) in [4.78, 5) is 29.2. The molecule has 1 amide bonds. The lowest BCUT2D eigenvalue weighted by molar-refractivity contribution is 0.102. The van der Waals surface area contributed by atoms with Crippen molar-refractivity contribution in [3.05, 3.63) is 40.1 Å². The van der Waals surface area contributed by atoms with E-state index in [1.54, 1.807) is 18.5 Å². The number of carbonyl (C=O) groups is 1. The van der Waals surface area contributed by atoms with Crippen molar-refractivity contribution >= 4 is 50.7 Å². The van der Waals surface area contributed by atoms with Crippen molar-refractivity contribution in [1.29, 1.82) is 0 Å². The second kappa shape index (κ2) is 7.14. The molecular weight excluding hydrogens is 374 g/mol. The lowest BCUT2D eigenvalue weighted by Gasteiger charge is -2.28. The van der Waals surface area contributed by atoms with Crippen molar-refractivity contribution < 1.29 is 9.53 Å². The molecule has 1 N–H and O–H groups in total. The predicted octanol–water partition coefficient (Wildman–Crippen LogP) is 3.14. The number of pyridine rings is 1.